The van der Waals surface area contributed by atoms with E-state index in [-0.39, 0.29) is 17.6 Å². The highest BCUT2D eigenvalue weighted by atomic mass is 16.6. The van der Waals surface area contributed by atoms with Crippen molar-refractivity contribution in [1.29, 1.82) is 0 Å². The number of carbonyl (C=O) groups excluding carboxylic acids is 1. The lowest BCUT2D eigenvalue weighted by Gasteiger charge is -2.43. The number of aromatic nitrogens is 2. The molecule has 1 unspecified atom stereocenters. The summed E-state index contributed by atoms with van der Waals surface area (Å²) in [5.41, 5.74) is 6.22. The average molecular weight is 681 g/mol. The highest BCUT2D eigenvalue weighted by Crippen LogP contribution is 2.46. The summed E-state index contributed by atoms with van der Waals surface area (Å²) in [4.78, 5) is 23.4. The highest BCUT2D eigenvalue weighted by molar-refractivity contribution is 5.76. The summed E-state index contributed by atoms with van der Waals surface area (Å²) >= 11 is 0. The predicted octanol–water partition coefficient (Wildman–Crippen LogP) is 10.0. The predicted molar refractivity (Wildman–Crippen MR) is 204 cm³/mol. The number of piperidine rings is 1. The topological polar surface area (TPSA) is 50.6 Å². The summed E-state index contributed by atoms with van der Waals surface area (Å²) in [6, 6.07) is 42.2. The van der Waals surface area contributed by atoms with Crippen LogP contribution in [0.25, 0.3) is 11.0 Å². The van der Waals surface area contributed by atoms with Gasteiger partial charge in [0.05, 0.1) is 11.0 Å². The molecule has 0 spiro atoms. The lowest BCUT2D eigenvalue weighted by molar-refractivity contribution is 0.0272. The molecule has 8 rings (SSSR count). The Morgan fingerprint density at radius 3 is 1.94 bits per heavy atom. The summed E-state index contributed by atoms with van der Waals surface area (Å²) in [5.74, 6) is 1.15. The van der Waals surface area contributed by atoms with Crippen molar-refractivity contribution in [3.63, 3.8) is 0 Å². The van der Waals surface area contributed by atoms with Crippen molar-refractivity contribution >= 4 is 17.1 Å². The lowest BCUT2D eigenvalue weighted by atomic mass is 9.66. The molecule has 0 radical (unpaired) electrons. The Balaban J connectivity index is 0.901. The van der Waals surface area contributed by atoms with Gasteiger partial charge in [-0.15, -0.1) is 0 Å². The first kappa shape index (κ1) is 33.7. The summed E-state index contributed by atoms with van der Waals surface area (Å²) in [5, 5.41) is 0. The van der Waals surface area contributed by atoms with E-state index in [0.717, 1.165) is 48.2 Å². The molecule has 3 aliphatic rings. The van der Waals surface area contributed by atoms with Crippen LogP contribution in [0.3, 0.4) is 0 Å². The number of imidazole rings is 1. The zero-order valence-corrected chi connectivity index (χ0v) is 30.1. The van der Waals surface area contributed by atoms with Gasteiger partial charge in [0.1, 0.15) is 11.9 Å². The van der Waals surface area contributed by atoms with Crippen molar-refractivity contribution in [3.05, 3.63) is 138 Å². The van der Waals surface area contributed by atoms with Gasteiger partial charge in [-0.1, -0.05) is 103 Å². The van der Waals surface area contributed by atoms with Crippen molar-refractivity contribution in [2.24, 2.45) is 0 Å². The zero-order valence-electron chi connectivity index (χ0n) is 30.1. The molecule has 4 aromatic carbocycles. The first-order chi connectivity index (χ1) is 25.0. The Morgan fingerprint density at radius 2 is 1.31 bits per heavy atom. The number of carbonyl (C=O) groups is 1. The number of hydrogen-bond donors (Lipinski definition) is 0. The number of amides is 1. The van der Waals surface area contributed by atoms with Gasteiger partial charge in [-0.25, -0.2) is 9.78 Å². The fourth-order valence-corrected chi connectivity index (χ4v) is 9.79. The molecule has 264 valence electrons. The fourth-order valence-electron chi connectivity index (χ4n) is 9.79. The van der Waals surface area contributed by atoms with Crippen LogP contribution in [-0.2, 0) is 23.2 Å². The Hall–Kier alpha value is -4.42. The van der Waals surface area contributed by atoms with Crippen molar-refractivity contribution in [2.75, 3.05) is 6.54 Å². The maximum atomic E-state index is 13.7. The van der Waals surface area contributed by atoms with Crippen LogP contribution in [0.5, 0.6) is 0 Å². The van der Waals surface area contributed by atoms with Gasteiger partial charge < -0.3 is 9.30 Å². The molecule has 2 saturated heterocycles. The molecule has 5 aromatic rings. The normalized spacial score (nSPS) is 24.8. The van der Waals surface area contributed by atoms with E-state index in [0.29, 0.717) is 31.2 Å². The number of hydrogen-bond acceptors (Lipinski definition) is 4. The molecular formula is C45H52N4O2. The van der Waals surface area contributed by atoms with E-state index in [4.69, 9.17) is 9.72 Å². The van der Waals surface area contributed by atoms with Gasteiger partial charge in [-0.3, -0.25) is 9.80 Å². The largest absolute Gasteiger partial charge is 0.446 e. The highest BCUT2D eigenvalue weighted by Gasteiger charge is 2.43. The van der Waals surface area contributed by atoms with Crippen molar-refractivity contribution in [3.8, 4) is 0 Å². The number of ether oxygens (including phenoxy) is 1. The first-order valence-corrected chi connectivity index (χ1v) is 19.3. The summed E-state index contributed by atoms with van der Waals surface area (Å²) in [6.07, 6.45) is 11.1. The molecule has 3 atom stereocenters. The number of rotatable bonds is 11. The fraction of sp³-hybridized carbons (Fsp3) is 0.422. The van der Waals surface area contributed by atoms with Gasteiger partial charge in [0.25, 0.3) is 0 Å². The van der Waals surface area contributed by atoms with Crippen molar-refractivity contribution in [2.45, 2.75) is 114 Å². The third-order valence-corrected chi connectivity index (χ3v) is 12.3. The van der Waals surface area contributed by atoms with Gasteiger partial charge >= 0.3 is 6.09 Å². The molecule has 0 N–H and O–H groups in total. The molecule has 3 heterocycles. The molecule has 2 aliphatic heterocycles. The average Bonchev–Trinajstić information content (AvgIpc) is 3.62. The van der Waals surface area contributed by atoms with Crippen molar-refractivity contribution in [1.82, 2.24) is 19.4 Å². The number of fused-ring (bicyclic) bond motifs is 3. The Bertz CT molecular complexity index is 1830. The second kappa shape index (κ2) is 15.1. The van der Waals surface area contributed by atoms with Crippen LogP contribution in [0.4, 0.5) is 4.79 Å². The second-order valence-electron chi connectivity index (χ2n) is 15.4. The SMILES string of the molecule is Cc1nc2ccccc2n1C1C[C@H]2CC[C@@H](C1)N2CCCC1(c2ccccc2)CCC(OC(=O)N(Cc2ccccc2)Cc2ccccc2)CC1. The molecular weight excluding hydrogens is 629 g/mol. The van der Waals surface area contributed by atoms with Crippen LogP contribution in [0.1, 0.15) is 92.8 Å². The van der Waals surface area contributed by atoms with Crippen LogP contribution in [0.15, 0.2) is 115 Å². The molecule has 1 saturated carbocycles. The molecule has 1 aromatic heterocycles. The van der Waals surface area contributed by atoms with Crippen molar-refractivity contribution < 1.29 is 9.53 Å². The van der Waals surface area contributed by atoms with Crippen LogP contribution in [0.2, 0.25) is 0 Å². The number of aryl methyl sites for hydroxylation is 1. The molecule has 6 heteroatoms. The molecule has 6 nitrogen and oxygen atoms in total. The molecule has 51 heavy (non-hydrogen) atoms. The zero-order chi connectivity index (χ0) is 34.6. The van der Waals surface area contributed by atoms with E-state index < -0.39 is 0 Å². The van der Waals surface area contributed by atoms with E-state index in [2.05, 4.69) is 95.3 Å². The number of benzene rings is 4. The third kappa shape index (κ3) is 7.34. The Morgan fingerprint density at radius 1 is 0.745 bits per heavy atom. The Labute approximate surface area is 303 Å². The number of nitrogens with zero attached hydrogens (tertiary/aromatic N) is 4. The standard InChI is InChI=1S/C45H52N4O2/c1-34-46-42-20-11-12-21-43(42)49(34)40-30-38-22-23-39(31-40)48(38)29-13-26-45(37-18-9-4-10-19-37)27-24-41(25-28-45)51-44(50)47(32-35-14-5-2-6-15-35)33-36-16-7-3-8-17-36/h2-12,14-21,38-41H,13,22-33H2,1H3/t38-,39+,40?,41?,45?. The summed E-state index contributed by atoms with van der Waals surface area (Å²) < 4.78 is 8.85. The molecule has 1 amide bonds. The van der Waals surface area contributed by atoms with E-state index in [1.54, 1.807) is 0 Å². The molecule has 1 aliphatic carbocycles. The van der Waals surface area contributed by atoms with Crippen LogP contribution in [0, 0.1) is 6.92 Å². The van der Waals surface area contributed by atoms with Crippen LogP contribution < -0.4 is 0 Å². The monoisotopic (exact) mass is 680 g/mol. The Kier molecular flexibility index (Phi) is 9.95. The molecule has 3 fully saturated rings. The quantitative estimate of drug-likeness (QED) is 0.139. The van der Waals surface area contributed by atoms with E-state index >= 15 is 0 Å². The minimum Gasteiger partial charge on any atom is -0.446 e. The maximum Gasteiger partial charge on any atom is 0.410 e. The van der Waals surface area contributed by atoms with Gasteiger partial charge in [-0.05, 0) is 112 Å². The summed E-state index contributed by atoms with van der Waals surface area (Å²) in [6.45, 7) is 4.42. The van der Waals surface area contributed by atoms with Gasteiger partial charge in [-0.2, -0.15) is 0 Å². The minimum absolute atomic E-state index is 0.0547. The van der Waals surface area contributed by atoms with Gasteiger partial charge in [0, 0.05) is 31.2 Å². The molecule has 2 bridgehead atoms. The van der Waals surface area contributed by atoms with Gasteiger partial charge in [0.2, 0.25) is 0 Å². The smallest absolute Gasteiger partial charge is 0.410 e. The van der Waals surface area contributed by atoms with E-state index in [1.807, 2.05) is 41.3 Å². The van der Waals surface area contributed by atoms with E-state index in [1.165, 1.54) is 56.1 Å². The minimum atomic E-state index is -0.210. The number of para-hydroxylation sites is 2. The van der Waals surface area contributed by atoms with E-state index in [9.17, 15) is 4.79 Å². The summed E-state index contributed by atoms with van der Waals surface area (Å²) in [7, 11) is 0. The maximum absolute atomic E-state index is 13.7. The van der Waals surface area contributed by atoms with Crippen LogP contribution >= 0.6 is 0 Å². The first-order valence-electron chi connectivity index (χ1n) is 19.3. The van der Waals surface area contributed by atoms with Gasteiger partial charge in [0.15, 0.2) is 0 Å². The second-order valence-corrected chi connectivity index (χ2v) is 15.4. The van der Waals surface area contributed by atoms with Crippen LogP contribution in [-0.4, -0.2) is 50.2 Å². The third-order valence-electron chi connectivity index (χ3n) is 12.3. The lowest BCUT2D eigenvalue weighted by Crippen LogP contribution is -2.44.